The number of rotatable bonds is 3. The minimum Gasteiger partial charge on any atom is -0.378 e. The Bertz CT molecular complexity index is 614. The largest absolute Gasteiger partial charge is 0.378 e. The molecule has 6 nitrogen and oxygen atoms in total. The van der Waals surface area contributed by atoms with Crippen molar-refractivity contribution in [3.63, 3.8) is 0 Å². The van der Waals surface area contributed by atoms with E-state index in [0.717, 1.165) is 30.5 Å². The SMILES string of the molecule is CCNC(=O)N1CCC[C@@H](c2cccc(C(=O)N3CCOCC3)c2)C1. The highest BCUT2D eigenvalue weighted by Crippen LogP contribution is 2.27. The fourth-order valence-electron chi connectivity index (χ4n) is 3.57. The molecule has 1 aromatic carbocycles. The fourth-order valence-corrected chi connectivity index (χ4v) is 3.57. The Morgan fingerprint density at radius 1 is 1.20 bits per heavy atom. The van der Waals surface area contributed by atoms with E-state index < -0.39 is 0 Å². The Hall–Kier alpha value is -2.08. The van der Waals surface area contributed by atoms with Crippen LogP contribution in [0.4, 0.5) is 4.79 Å². The van der Waals surface area contributed by atoms with Crippen LogP contribution in [0.25, 0.3) is 0 Å². The molecule has 2 aliphatic heterocycles. The van der Waals surface area contributed by atoms with Gasteiger partial charge in [0.2, 0.25) is 0 Å². The van der Waals surface area contributed by atoms with E-state index in [9.17, 15) is 9.59 Å². The molecule has 0 aromatic heterocycles. The van der Waals surface area contributed by atoms with Crippen molar-refractivity contribution < 1.29 is 14.3 Å². The number of hydrogen-bond acceptors (Lipinski definition) is 3. The molecule has 25 heavy (non-hydrogen) atoms. The number of amides is 3. The van der Waals surface area contributed by atoms with Crippen LogP contribution in [-0.2, 0) is 4.74 Å². The maximum atomic E-state index is 12.7. The first kappa shape index (κ1) is 17.7. The van der Waals surface area contributed by atoms with Gasteiger partial charge in [0, 0.05) is 44.2 Å². The van der Waals surface area contributed by atoms with Crippen LogP contribution in [0, 0.1) is 0 Å². The van der Waals surface area contributed by atoms with E-state index in [4.69, 9.17) is 4.74 Å². The minimum absolute atomic E-state index is 0.00717. The molecule has 1 aromatic rings. The van der Waals surface area contributed by atoms with Gasteiger partial charge in [0.15, 0.2) is 0 Å². The molecule has 0 spiro atoms. The summed E-state index contributed by atoms with van der Waals surface area (Å²) in [7, 11) is 0. The number of carbonyl (C=O) groups excluding carboxylic acids is 2. The molecule has 2 saturated heterocycles. The molecule has 2 fully saturated rings. The van der Waals surface area contributed by atoms with Crippen molar-refractivity contribution >= 4 is 11.9 Å². The summed E-state index contributed by atoms with van der Waals surface area (Å²) in [6, 6.07) is 7.92. The zero-order valence-electron chi connectivity index (χ0n) is 14.9. The molecule has 0 unspecified atom stereocenters. The Kier molecular flexibility index (Phi) is 5.91. The van der Waals surface area contributed by atoms with E-state index in [2.05, 4.69) is 11.4 Å². The number of hydrogen-bond donors (Lipinski definition) is 1. The highest BCUT2D eigenvalue weighted by Gasteiger charge is 2.25. The first-order valence-electron chi connectivity index (χ1n) is 9.18. The van der Waals surface area contributed by atoms with Crippen molar-refractivity contribution in [2.45, 2.75) is 25.7 Å². The highest BCUT2D eigenvalue weighted by molar-refractivity contribution is 5.94. The van der Waals surface area contributed by atoms with Gasteiger partial charge in [-0.1, -0.05) is 12.1 Å². The summed E-state index contributed by atoms with van der Waals surface area (Å²) >= 11 is 0. The normalized spacial score (nSPS) is 21.1. The van der Waals surface area contributed by atoms with E-state index >= 15 is 0 Å². The monoisotopic (exact) mass is 345 g/mol. The van der Waals surface area contributed by atoms with Gasteiger partial charge in [0.05, 0.1) is 13.2 Å². The van der Waals surface area contributed by atoms with Gasteiger partial charge in [-0.25, -0.2) is 4.79 Å². The lowest BCUT2D eigenvalue weighted by atomic mass is 9.89. The van der Waals surface area contributed by atoms with E-state index in [-0.39, 0.29) is 17.9 Å². The smallest absolute Gasteiger partial charge is 0.317 e. The number of urea groups is 1. The molecule has 2 heterocycles. The highest BCUT2D eigenvalue weighted by atomic mass is 16.5. The molecule has 3 amide bonds. The van der Waals surface area contributed by atoms with Crippen molar-refractivity contribution in [2.24, 2.45) is 0 Å². The summed E-state index contributed by atoms with van der Waals surface area (Å²) in [5, 5.41) is 2.87. The predicted molar refractivity (Wildman–Crippen MR) is 95.8 cm³/mol. The van der Waals surface area contributed by atoms with Gasteiger partial charge in [-0.3, -0.25) is 4.79 Å². The second-order valence-electron chi connectivity index (χ2n) is 6.65. The molecule has 1 atom stereocenters. The lowest BCUT2D eigenvalue weighted by Gasteiger charge is -2.33. The van der Waals surface area contributed by atoms with E-state index in [0.29, 0.717) is 39.4 Å². The number of carbonyl (C=O) groups is 2. The number of nitrogens with one attached hydrogen (secondary N) is 1. The van der Waals surface area contributed by atoms with Crippen molar-refractivity contribution in [3.8, 4) is 0 Å². The second kappa shape index (κ2) is 8.34. The average molecular weight is 345 g/mol. The van der Waals surface area contributed by atoms with Gasteiger partial charge in [-0.2, -0.15) is 0 Å². The fraction of sp³-hybridized carbons (Fsp3) is 0.579. The minimum atomic E-state index is 0.00717. The first-order chi connectivity index (χ1) is 12.2. The number of piperidine rings is 1. The molecular weight excluding hydrogens is 318 g/mol. The van der Waals surface area contributed by atoms with E-state index in [1.807, 2.05) is 34.9 Å². The van der Waals surface area contributed by atoms with Crippen LogP contribution >= 0.6 is 0 Å². The third kappa shape index (κ3) is 4.31. The molecule has 0 radical (unpaired) electrons. The Labute approximate surface area is 149 Å². The zero-order chi connectivity index (χ0) is 17.6. The Morgan fingerprint density at radius 3 is 2.76 bits per heavy atom. The Balaban J connectivity index is 1.70. The molecule has 0 saturated carbocycles. The number of likely N-dealkylation sites (tertiary alicyclic amines) is 1. The van der Waals surface area contributed by atoms with E-state index in [1.165, 1.54) is 0 Å². The molecule has 6 heteroatoms. The van der Waals surface area contributed by atoms with E-state index in [1.54, 1.807) is 0 Å². The maximum Gasteiger partial charge on any atom is 0.317 e. The molecule has 2 aliphatic rings. The number of nitrogens with zero attached hydrogens (tertiary/aromatic N) is 2. The predicted octanol–water partition coefficient (Wildman–Crippen LogP) is 2.07. The van der Waals surface area contributed by atoms with Crippen LogP contribution in [0.5, 0.6) is 0 Å². The van der Waals surface area contributed by atoms with Crippen LogP contribution in [-0.4, -0.2) is 67.7 Å². The zero-order valence-corrected chi connectivity index (χ0v) is 14.9. The average Bonchev–Trinajstić information content (AvgIpc) is 2.68. The van der Waals surface area contributed by atoms with Crippen molar-refractivity contribution in [3.05, 3.63) is 35.4 Å². The van der Waals surface area contributed by atoms with Crippen LogP contribution in [0.3, 0.4) is 0 Å². The van der Waals surface area contributed by atoms with Crippen molar-refractivity contribution in [1.82, 2.24) is 15.1 Å². The van der Waals surface area contributed by atoms with Gasteiger partial charge in [0.1, 0.15) is 0 Å². The number of ether oxygens (including phenoxy) is 1. The summed E-state index contributed by atoms with van der Waals surface area (Å²) in [5.74, 6) is 0.357. The van der Waals surface area contributed by atoms with Crippen LogP contribution in [0.1, 0.15) is 41.6 Å². The van der Waals surface area contributed by atoms with Crippen LogP contribution in [0.15, 0.2) is 24.3 Å². The molecule has 0 bridgehead atoms. The Morgan fingerprint density at radius 2 is 2.00 bits per heavy atom. The summed E-state index contributed by atoms with van der Waals surface area (Å²) < 4.78 is 5.32. The van der Waals surface area contributed by atoms with Crippen molar-refractivity contribution in [1.29, 1.82) is 0 Å². The van der Waals surface area contributed by atoms with Gasteiger partial charge >= 0.3 is 6.03 Å². The number of benzene rings is 1. The molecule has 3 rings (SSSR count). The lowest BCUT2D eigenvalue weighted by molar-refractivity contribution is 0.0303. The lowest BCUT2D eigenvalue weighted by Crippen LogP contribution is -2.44. The summed E-state index contributed by atoms with van der Waals surface area (Å²) in [4.78, 5) is 28.5. The molecular formula is C19H27N3O3. The van der Waals surface area contributed by atoms with Crippen molar-refractivity contribution in [2.75, 3.05) is 45.9 Å². The van der Waals surface area contributed by atoms with Gasteiger partial charge in [0.25, 0.3) is 5.91 Å². The second-order valence-corrected chi connectivity index (χ2v) is 6.65. The third-order valence-electron chi connectivity index (χ3n) is 4.94. The summed E-state index contributed by atoms with van der Waals surface area (Å²) in [5.41, 5.74) is 1.88. The van der Waals surface area contributed by atoms with Gasteiger partial charge < -0.3 is 19.9 Å². The molecule has 0 aliphatic carbocycles. The summed E-state index contributed by atoms with van der Waals surface area (Å²) in [6.07, 6.45) is 2.04. The molecule has 136 valence electrons. The van der Waals surface area contributed by atoms with Gasteiger partial charge in [-0.05, 0) is 37.5 Å². The van der Waals surface area contributed by atoms with Gasteiger partial charge in [-0.15, -0.1) is 0 Å². The topological polar surface area (TPSA) is 61.9 Å². The summed E-state index contributed by atoms with van der Waals surface area (Å²) in [6.45, 7) is 6.60. The quantitative estimate of drug-likeness (QED) is 0.912. The standard InChI is InChI=1S/C19H27N3O3/c1-2-20-19(24)22-8-4-7-17(14-22)15-5-3-6-16(13-15)18(23)21-9-11-25-12-10-21/h3,5-6,13,17H,2,4,7-12,14H2,1H3,(H,20,24)/t17-/m1/s1. The third-order valence-corrected chi connectivity index (χ3v) is 4.94. The number of morpholine rings is 1. The molecule has 1 N–H and O–H groups in total. The first-order valence-corrected chi connectivity index (χ1v) is 9.18. The van der Waals surface area contributed by atoms with Crippen LogP contribution < -0.4 is 5.32 Å². The maximum absolute atomic E-state index is 12.7. The van der Waals surface area contributed by atoms with Crippen LogP contribution in [0.2, 0.25) is 0 Å².